The van der Waals surface area contributed by atoms with Crippen LogP contribution in [-0.4, -0.2) is 27.6 Å². The van der Waals surface area contributed by atoms with Crippen molar-refractivity contribution in [3.63, 3.8) is 0 Å². The van der Waals surface area contributed by atoms with Gasteiger partial charge >= 0.3 is 0 Å². The lowest BCUT2D eigenvalue weighted by Gasteiger charge is -2.04. The van der Waals surface area contributed by atoms with Crippen molar-refractivity contribution in [2.75, 3.05) is 12.4 Å². The number of benzene rings is 1. The lowest BCUT2D eigenvalue weighted by molar-refractivity contribution is 0.102. The Morgan fingerprint density at radius 3 is 2.54 bits per heavy atom. The number of nitrogens with zero attached hydrogens (tertiary/aromatic N) is 3. The van der Waals surface area contributed by atoms with Gasteiger partial charge in [-0.05, 0) is 25.1 Å². The molecule has 6 nitrogen and oxygen atoms in total. The Labute approximate surface area is 140 Å². The Hall–Kier alpha value is -3.15. The number of carbonyl (C=O) groups is 1. The van der Waals surface area contributed by atoms with Crippen LogP contribution in [0.2, 0.25) is 0 Å². The molecule has 3 rings (SSSR count). The van der Waals surface area contributed by atoms with Crippen LogP contribution in [0.15, 0.2) is 48.7 Å². The fourth-order valence-electron chi connectivity index (χ4n) is 2.26. The molecule has 0 aliphatic rings. The molecule has 3 aromatic rings. The average Bonchev–Trinajstić information content (AvgIpc) is 2.96. The SMILES string of the molecule is COc1cccc(-c2cn(C)c(NC(=O)c3ccc(C)cc3)n2)n1. The van der Waals surface area contributed by atoms with E-state index in [0.717, 1.165) is 5.56 Å². The first-order chi connectivity index (χ1) is 11.6. The van der Waals surface area contributed by atoms with E-state index >= 15 is 0 Å². The smallest absolute Gasteiger partial charge is 0.257 e. The van der Waals surface area contributed by atoms with E-state index in [2.05, 4.69) is 15.3 Å². The number of imidazole rings is 1. The van der Waals surface area contributed by atoms with Crippen LogP contribution < -0.4 is 10.1 Å². The van der Waals surface area contributed by atoms with Crippen LogP contribution in [0.1, 0.15) is 15.9 Å². The molecule has 2 heterocycles. The molecule has 1 N–H and O–H groups in total. The predicted octanol–water partition coefficient (Wildman–Crippen LogP) is 3.05. The summed E-state index contributed by atoms with van der Waals surface area (Å²) in [6.07, 6.45) is 1.81. The molecule has 24 heavy (non-hydrogen) atoms. The monoisotopic (exact) mass is 322 g/mol. The summed E-state index contributed by atoms with van der Waals surface area (Å²) in [7, 11) is 3.39. The van der Waals surface area contributed by atoms with Gasteiger partial charge in [0.25, 0.3) is 5.91 Å². The third-order valence-electron chi connectivity index (χ3n) is 3.61. The van der Waals surface area contributed by atoms with Gasteiger partial charge in [0.2, 0.25) is 11.8 Å². The second kappa shape index (κ2) is 6.54. The Balaban J connectivity index is 1.83. The zero-order chi connectivity index (χ0) is 17.1. The first-order valence-electron chi connectivity index (χ1n) is 7.49. The third-order valence-corrected chi connectivity index (χ3v) is 3.61. The van der Waals surface area contributed by atoms with Gasteiger partial charge in [0.15, 0.2) is 0 Å². The maximum absolute atomic E-state index is 12.3. The van der Waals surface area contributed by atoms with Crippen LogP contribution in [0.3, 0.4) is 0 Å². The summed E-state index contributed by atoms with van der Waals surface area (Å²) < 4.78 is 6.88. The van der Waals surface area contributed by atoms with Crippen molar-refractivity contribution in [3.8, 4) is 17.3 Å². The van der Waals surface area contributed by atoms with Crippen molar-refractivity contribution in [1.29, 1.82) is 0 Å². The molecule has 0 atom stereocenters. The van der Waals surface area contributed by atoms with E-state index in [-0.39, 0.29) is 5.91 Å². The minimum Gasteiger partial charge on any atom is -0.481 e. The molecule has 6 heteroatoms. The summed E-state index contributed by atoms with van der Waals surface area (Å²) in [5, 5.41) is 2.82. The molecular weight excluding hydrogens is 304 g/mol. The minimum atomic E-state index is -0.200. The number of anilines is 1. The van der Waals surface area contributed by atoms with Crippen LogP contribution in [0.25, 0.3) is 11.4 Å². The molecule has 0 radical (unpaired) electrons. The van der Waals surface area contributed by atoms with Crippen molar-refractivity contribution in [1.82, 2.24) is 14.5 Å². The van der Waals surface area contributed by atoms with Crippen LogP contribution >= 0.6 is 0 Å². The summed E-state index contributed by atoms with van der Waals surface area (Å²) in [6, 6.07) is 12.8. The lowest BCUT2D eigenvalue weighted by atomic mass is 10.1. The number of amides is 1. The van der Waals surface area contributed by atoms with Crippen molar-refractivity contribution in [2.24, 2.45) is 7.05 Å². The highest BCUT2D eigenvalue weighted by atomic mass is 16.5. The molecule has 1 amide bonds. The van der Waals surface area contributed by atoms with Gasteiger partial charge in [-0.2, -0.15) is 0 Å². The molecule has 0 bridgehead atoms. The molecule has 0 aliphatic heterocycles. The number of pyridine rings is 1. The maximum Gasteiger partial charge on any atom is 0.257 e. The van der Waals surface area contributed by atoms with E-state index in [1.165, 1.54) is 0 Å². The number of aromatic nitrogens is 3. The van der Waals surface area contributed by atoms with E-state index in [0.29, 0.717) is 28.8 Å². The van der Waals surface area contributed by atoms with Crippen molar-refractivity contribution >= 4 is 11.9 Å². The number of hydrogen-bond donors (Lipinski definition) is 1. The summed E-state index contributed by atoms with van der Waals surface area (Å²) in [5.41, 5.74) is 3.04. The molecule has 0 saturated carbocycles. The standard InChI is InChI=1S/C18H18N4O2/c1-12-7-9-13(10-8-12)17(23)21-18-20-15(11-22(18)2)14-5-4-6-16(19-14)24-3/h4-11H,1-3H3,(H,20,21,23). The highest BCUT2D eigenvalue weighted by molar-refractivity contribution is 6.03. The average molecular weight is 322 g/mol. The quantitative estimate of drug-likeness (QED) is 0.801. The third kappa shape index (κ3) is 3.27. The summed E-state index contributed by atoms with van der Waals surface area (Å²) in [4.78, 5) is 21.1. The van der Waals surface area contributed by atoms with Crippen LogP contribution in [0.5, 0.6) is 5.88 Å². The lowest BCUT2D eigenvalue weighted by Crippen LogP contribution is -2.14. The number of nitrogens with one attached hydrogen (secondary N) is 1. The number of ether oxygens (including phenoxy) is 1. The van der Waals surface area contributed by atoms with E-state index < -0.39 is 0 Å². The molecule has 0 aliphatic carbocycles. The minimum absolute atomic E-state index is 0.200. The zero-order valence-corrected chi connectivity index (χ0v) is 13.8. The second-order valence-electron chi connectivity index (χ2n) is 5.45. The van der Waals surface area contributed by atoms with E-state index in [9.17, 15) is 4.79 Å². The number of hydrogen-bond acceptors (Lipinski definition) is 4. The molecule has 0 spiro atoms. The second-order valence-corrected chi connectivity index (χ2v) is 5.45. The van der Waals surface area contributed by atoms with Crippen LogP contribution in [-0.2, 0) is 7.05 Å². The van der Waals surface area contributed by atoms with Crippen molar-refractivity contribution in [3.05, 3.63) is 59.8 Å². The molecule has 1 aromatic carbocycles. The van der Waals surface area contributed by atoms with Gasteiger partial charge in [0.05, 0.1) is 12.8 Å². The van der Waals surface area contributed by atoms with Crippen LogP contribution in [0.4, 0.5) is 5.95 Å². The topological polar surface area (TPSA) is 69.0 Å². The highest BCUT2D eigenvalue weighted by Gasteiger charge is 2.13. The normalized spacial score (nSPS) is 10.5. The van der Waals surface area contributed by atoms with Gasteiger partial charge in [-0.1, -0.05) is 23.8 Å². The molecule has 2 aromatic heterocycles. The van der Waals surface area contributed by atoms with Gasteiger partial charge < -0.3 is 9.30 Å². The van der Waals surface area contributed by atoms with Crippen molar-refractivity contribution in [2.45, 2.75) is 6.92 Å². The molecule has 0 fully saturated rings. The molecule has 0 saturated heterocycles. The van der Waals surface area contributed by atoms with Gasteiger partial charge in [-0.25, -0.2) is 9.97 Å². The first kappa shape index (κ1) is 15.7. The number of carbonyl (C=O) groups excluding carboxylic acids is 1. The van der Waals surface area contributed by atoms with Crippen molar-refractivity contribution < 1.29 is 9.53 Å². The fraction of sp³-hybridized carbons (Fsp3) is 0.167. The van der Waals surface area contributed by atoms with Gasteiger partial charge in [-0.15, -0.1) is 0 Å². The Bertz CT molecular complexity index is 869. The molecule has 0 unspecified atom stereocenters. The van der Waals surface area contributed by atoms with Gasteiger partial charge in [-0.3, -0.25) is 10.1 Å². The highest BCUT2D eigenvalue weighted by Crippen LogP contribution is 2.21. The van der Waals surface area contributed by atoms with E-state index in [1.54, 1.807) is 29.9 Å². The van der Waals surface area contributed by atoms with Gasteiger partial charge in [0, 0.05) is 24.9 Å². The fourth-order valence-corrected chi connectivity index (χ4v) is 2.26. The Morgan fingerprint density at radius 2 is 1.83 bits per heavy atom. The molecule has 122 valence electrons. The summed E-state index contributed by atoms with van der Waals surface area (Å²) in [6.45, 7) is 1.98. The number of rotatable bonds is 4. The number of aryl methyl sites for hydroxylation is 2. The maximum atomic E-state index is 12.3. The summed E-state index contributed by atoms with van der Waals surface area (Å²) >= 11 is 0. The molecular formula is C18H18N4O2. The van der Waals surface area contributed by atoms with E-state index in [4.69, 9.17) is 4.74 Å². The number of methoxy groups -OCH3 is 1. The first-order valence-corrected chi connectivity index (χ1v) is 7.49. The Morgan fingerprint density at radius 1 is 1.08 bits per heavy atom. The summed E-state index contributed by atoms with van der Waals surface area (Å²) in [5.74, 6) is 0.775. The van der Waals surface area contributed by atoms with Gasteiger partial charge in [0.1, 0.15) is 5.69 Å². The Kier molecular flexibility index (Phi) is 4.29. The predicted molar refractivity (Wildman–Crippen MR) is 92.1 cm³/mol. The largest absolute Gasteiger partial charge is 0.481 e. The van der Waals surface area contributed by atoms with E-state index in [1.807, 2.05) is 44.4 Å². The van der Waals surface area contributed by atoms with Crippen LogP contribution in [0, 0.1) is 6.92 Å². The zero-order valence-electron chi connectivity index (χ0n) is 13.8.